The highest BCUT2D eigenvalue weighted by atomic mass is 32.1. The average Bonchev–Trinajstić information content (AvgIpc) is 4.08. The van der Waals surface area contributed by atoms with Gasteiger partial charge < -0.3 is 4.90 Å². The molecule has 0 saturated heterocycles. The summed E-state index contributed by atoms with van der Waals surface area (Å²) in [6.07, 6.45) is 8.98. The molecule has 312 valence electrons. The Balaban J connectivity index is 1.11. The van der Waals surface area contributed by atoms with E-state index in [2.05, 4.69) is 253 Å². The molecule has 13 rings (SSSR count). The molecule has 66 heavy (non-hydrogen) atoms. The number of allylic oxidation sites excluding steroid dienone is 4. The first kappa shape index (κ1) is 38.7. The number of anilines is 3. The molecule has 0 fully saturated rings. The summed E-state index contributed by atoms with van der Waals surface area (Å²) in [5, 5.41) is 3.47. The minimum atomic E-state index is -0.539. The van der Waals surface area contributed by atoms with Crippen molar-refractivity contribution in [2.24, 2.45) is 0 Å². The SMILES string of the molecule is C1=CCCC(C2(c3ccccc3)c3ccccc3-c3cccc(N(c4ccc(-c5ccc6ccsc6c5)cc4)c4ccc5c(c4)C(c4ccccc4)(c4ccccc4)c4ccccc4-5)c32)=C1. The lowest BCUT2D eigenvalue weighted by Gasteiger charge is -2.40. The fourth-order valence-corrected chi connectivity index (χ4v) is 12.7. The lowest BCUT2D eigenvalue weighted by atomic mass is 9.65. The van der Waals surface area contributed by atoms with Crippen LogP contribution < -0.4 is 4.90 Å². The third kappa shape index (κ3) is 5.65. The summed E-state index contributed by atoms with van der Waals surface area (Å²) < 4.78 is 1.31. The van der Waals surface area contributed by atoms with Gasteiger partial charge in [-0.05, 0) is 133 Å². The molecule has 1 heterocycles. The Bertz CT molecular complexity index is 3480. The van der Waals surface area contributed by atoms with Crippen molar-refractivity contribution in [2.75, 3.05) is 4.90 Å². The van der Waals surface area contributed by atoms with Crippen molar-refractivity contribution in [2.45, 2.75) is 23.7 Å². The van der Waals surface area contributed by atoms with Crippen LogP contribution in [0, 0.1) is 0 Å². The normalized spacial score (nSPS) is 16.3. The summed E-state index contributed by atoms with van der Waals surface area (Å²) in [7, 11) is 0. The van der Waals surface area contributed by atoms with Crippen molar-refractivity contribution in [3.05, 3.63) is 293 Å². The van der Waals surface area contributed by atoms with Crippen molar-refractivity contribution in [3.8, 4) is 33.4 Å². The number of hydrogen-bond donors (Lipinski definition) is 0. The number of hydrogen-bond acceptors (Lipinski definition) is 2. The van der Waals surface area contributed by atoms with E-state index in [1.54, 1.807) is 11.3 Å². The third-order valence-electron chi connectivity index (χ3n) is 14.6. The summed E-state index contributed by atoms with van der Waals surface area (Å²) in [5.41, 5.74) is 20.4. The number of benzene rings is 9. The highest BCUT2D eigenvalue weighted by molar-refractivity contribution is 7.17. The van der Waals surface area contributed by atoms with Crippen LogP contribution in [-0.2, 0) is 10.8 Å². The van der Waals surface area contributed by atoms with E-state index in [9.17, 15) is 0 Å². The molecule has 0 bridgehead atoms. The standard InChI is InChI=1S/C64H45NS/c1-5-18-47(19-6-1)63(48-20-7-2-8-21-48)57-29-15-13-26-53(57)55-39-38-52(43-59(55)63)65(51-36-34-44(35-37-51)46-33-32-45-40-41-66-61(45)42-46)60-31-17-28-56-54-27-14-16-30-58(54)64(62(56)60,49-22-9-3-10-23-49)50-24-11-4-12-25-50/h1-11,13-24,26-43H,12,25H2. The topological polar surface area (TPSA) is 3.24 Å². The second kappa shape index (κ2) is 15.4. The predicted molar refractivity (Wildman–Crippen MR) is 277 cm³/mol. The first-order valence-electron chi connectivity index (χ1n) is 23.1. The van der Waals surface area contributed by atoms with Crippen LogP contribution in [0.15, 0.2) is 254 Å². The van der Waals surface area contributed by atoms with Crippen molar-refractivity contribution < 1.29 is 0 Å². The molecule has 0 amide bonds. The molecular weight excluding hydrogens is 815 g/mol. The van der Waals surface area contributed by atoms with Gasteiger partial charge in [-0.2, -0.15) is 0 Å². The van der Waals surface area contributed by atoms with E-state index < -0.39 is 10.8 Å². The van der Waals surface area contributed by atoms with Gasteiger partial charge in [0.1, 0.15) is 0 Å². The van der Waals surface area contributed by atoms with Crippen molar-refractivity contribution >= 4 is 38.5 Å². The van der Waals surface area contributed by atoms with E-state index in [0.717, 1.165) is 24.2 Å². The zero-order valence-corrected chi connectivity index (χ0v) is 37.3. The van der Waals surface area contributed by atoms with E-state index in [-0.39, 0.29) is 0 Å². The van der Waals surface area contributed by atoms with Gasteiger partial charge in [-0.25, -0.2) is 0 Å². The largest absolute Gasteiger partial charge is 0.310 e. The second-order valence-corrected chi connectivity index (χ2v) is 18.8. The molecule has 3 aliphatic rings. The number of fused-ring (bicyclic) bond motifs is 7. The fraction of sp³-hybridized carbons (Fsp3) is 0.0625. The van der Waals surface area contributed by atoms with Crippen molar-refractivity contribution in [3.63, 3.8) is 0 Å². The Labute approximate surface area is 390 Å². The molecule has 0 N–H and O–H groups in total. The van der Waals surface area contributed by atoms with Crippen LogP contribution in [0.4, 0.5) is 17.1 Å². The molecular formula is C64H45NS. The number of rotatable bonds is 8. The minimum Gasteiger partial charge on any atom is -0.310 e. The molecule has 1 unspecified atom stereocenters. The second-order valence-electron chi connectivity index (χ2n) is 17.8. The summed E-state index contributed by atoms with van der Waals surface area (Å²) in [4.78, 5) is 2.57. The molecule has 0 aliphatic heterocycles. The van der Waals surface area contributed by atoms with Gasteiger partial charge in [0.25, 0.3) is 0 Å². The van der Waals surface area contributed by atoms with E-state index in [1.807, 2.05) is 0 Å². The number of nitrogens with zero attached hydrogens (tertiary/aromatic N) is 1. The highest BCUT2D eigenvalue weighted by Gasteiger charge is 2.50. The van der Waals surface area contributed by atoms with Crippen LogP contribution in [0.5, 0.6) is 0 Å². The van der Waals surface area contributed by atoms with Gasteiger partial charge in [0.15, 0.2) is 0 Å². The van der Waals surface area contributed by atoms with Crippen molar-refractivity contribution in [1.29, 1.82) is 0 Å². The van der Waals surface area contributed by atoms with Crippen LogP contribution in [0.25, 0.3) is 43.5 Å². The average molecular weight is 860 g/mol. The summed E-state index contributed by atoms with van der Waals surface area (Å²) >= 11 is 1.80. The van der Waals surface area contributed by atoms with Crippen LogP contribution in [-0.4, -0.2) is 0 Å². The first-order chi connectivity index (χ1) is 32.7. The lowest BCUT2D eigenvalue weighted by Crippen LogP contribution is -2.32. The Kier molecular flexibility index (Phi) is 9.05. The third-order valence-corrected chi connectivity index (χ3v) is 15.5. The zero-order chi connectivity index (χ0) is 43.7. The highest BCUT2D eigenvalue weighted by Crippen LogP contribution is 2.62. The molecule has 0 spiro atoms. The predicted octanol–water partition coefficient (Wildman–Crippen LogP) is 17.0. The van der Waals surface area contributed by atoms with Crippen LogP contribution in [0.2, 0.25) is 0 Å². The van der Waals surface area contributed by atoms with E-state index in [1.165, 1.54) is 93.7 Å². The molecule has 10 aromatic rings. The van der Waals surface area contributed by atoms with E-state index in [4.69, 9.17) is 0 Å². The summed E-state index contributed by atoms with van der Waals surface area (Å²) in [6.45, 7) is 0. The molecule has 3 aliphatic carbocycles. The van der Waals surface area contributed by atoms with Gasteiger partial charge in [0.05, 0.1) is 16.5 Å². The van der Waals surface area contributed by atoms with Gasteiger partial charge in [-0.15, -0.1) is 11.3 Å². The van der Waals surface area contributed by atoms with Gasteiger partial charge >= 0.3 is 0 Å². The maximum absolute atomic E-state index is 2.57. The van der Waals surface area contributed by atoms with Crippen LogP contribution in [0.1, 0.15) is 51.8 Å². The van der Waals surface area contributed by atoms with Crippen molar-refractivity contribution in [1.82, 2.24) is 0 Å². The summed E-state index contributed by atoms with van der Waals surface area (Å²) in [6, 6.07) is 84.5. The molecule has 1 atom stereocenters. The maximum Gasteiger partial charge on any atom is 0.0714 e. The summed E-state index contributed by atoms with van der Waals surface area (Å²) in [5.74, 6) is 0. The molecule has 0 saturated carbocycles. The van der Waals surface area contributed by atoms with E-state index in [0.29, 0.717) is 0 Å². The smallest absolute Gasteiger partial charge is 0.0714 e. The quantitative estimate of drug-likeness (QED) is 0.147. The number of thiophene rings is 1. The Morgan fingerprint density at radius 3 is 1.68 bits per heavy atom. The molecule has 0 radical (unpaired) electrons. The molecule has 1 aromatic heterocycles. The Morgan fingerprint density at radius 2 is 1.00 bits per heavy atom. The molecule has 9 aromatic carbocycles. The monoisotopic (exact) mass is 859 g/mol. The van der Waals surface area contributed by atoms with Gasteiger partial charge in [0.2, 0.25) is 0 Å². The van der Waals surface area contributed by atoms with Crippen LogP contribution in [0.3, 0.4) is 0 Å². The fourth-order valence-electron chi connectivity index (χ4n) is 11.9. The van der Waals surface area contributed by atoms with Gasteiger partial charge in [0, 0.05) is 21.6 Å². The van der Waals surface area contributed by atoms with Gasteiger partial charge in [-0.1, -0.05) is 206 Å². The lowest BCUT2D eigenvalue weighted by molar-refractivity contribution is 0.693. The van der Waals surface area contributed by atoms with E-state index >= 15 is 0 Å². The Hall–Kier alpha value is -7.78. The van der Waals surface area contributed by atoms with Gasteiger partial charge in [-0.3, -0.25) is 0 Å². The minimum absolute atomic E-state index is 0.520. The first-order valence-corrected chi connectivity index (χ1v) is 24.0. The zero-order valence-electron chi connectivity index (χ0n) is 36.4. The maximum atomic E-state index is 2.57. The Morgan fingerprint density at radius 1 is 0.424 bits per heavy atom. The molecule has 2 heteroatoms. The van der Waals surface area contributed by atoms with Crippen LogP contribution >= 0.6 is 11.3 Å². The molecule has 1 nitrogen and oxygen atoms in total.